The van der Waals surface area contributed by atoms with Crippen LogP contribution in [-0.4, -0.2) is 39.3 Å². The maximum atomic E-state index is 11.6. The number of piperidine rings is 1. The smallest absolute Gasteiger partial charge is 0.179 e. The molecule has 0 aliphatic carbocycles. The predicted molar refractivity (Wildman–Crippen MR) is 71.4 cm³/mol. The van der Waals surface area contributed by atoms with Crippen LogP contribution in [0.5, 0.6) is 0 Å². The van der Waals surface area contributed by atoms with Crippen LogP contribution in [0.25, 0.3) is 0 Å². The Kier molecular flexibility index (Phi) is 4.19. The number of hydrogen-bond donors (Lipinski definition) is 2. The van der Waals surface area contributed by atoms with Gasteiger partial charge in [-0.25, -0.2) is 13.4 Å². The number of anilines is 1. The summed E-state index contributed by atoms with van der Waals surface area (Å²) in [5.41, 5.74) is 0. The molecule has 1 atom stereocenters. The highest BCUT2D eigenvalue weighted by Gasteiger charge is 2.16. The van der Waals surface area contributed by atoms with Crippen molar-refractivity contribution in [1.29, 1.82) is 0 Å². The molecule has 2 N–H and O–H groups in total. The lowest BCUT2D eigenvalue weighted by Gasteiger charge is -2.23. The molecule has 1 unspecified atom stereocenters. The van der Waals surface area contributed by atoms with Gasteiger partial charge in [0.15, 0.2) is 9.84 Å². The molecule has 2 heterocycles. The lowest BCUT2D eigenvalue weighted by molar-refractivity contribution is 0.392. The molecule has 0 spiro atoms. The topological polar surface area (TPSA) is 71.1 Å². The minimum absolute atomic E-state index is 0.272. The fourth-order valence-electron chi connectivity index (χ4n) is 2.16. The Morgan fingerprint density at radius 2 is 2.39 bits per heavy atom. The largest absolute Gasteiger partial charge is 0.369 e. The van der Waals surface area contributed by atoms with Gasteiger partial charge < -0.3 is 10.6 Å². The summed E-state index contributed by atoms with van der Waals surface area (Å²) in [6.45, 7) is 2.81. The molecule has 0 amide bonds. The number of hydrogen-bond acceptors (Lipinski definition) is 5. The number of pyridine rings is 1. The van der Waals surface area contributed by atoms with E-state index in [-0.39, 0.29) is 4.90 Å². The second-order valence-electron chi connectivity index (χ2n) is 4.72. The van der Waals surface area contributed by atoms with Gasteiger partial charge in [-0.05, 0) is 44.0 Å². The van der Waals surface area contributed by atoms with E-state index in [9.17, 15) is 8.42 Å². The lowest BCUT2D eigenvalue weighted by Crippen LogP contribution is -2.33. The lowest BCUT2D eigenvalue weighted by atomic mass is 10.00. The van der Waals surface area contributed by atoms with Crippen LogP contribution >= 0.6 is 0 Å². The van der Waals surface area contributed by atoms with Crippen molar-refractivity contribution in [3.8, 4) is 0 Å². The van der Waals surface area contributed by atoms with Gasteiger partial charge >= 0.3 is 0 Å². The van der Waals surface area contributed by atoms with E-state index < -0.39 is 9.84 Å². The molecule has 1 aromatic rings. The van der Waals surface area contributed by atoms with Crippen LogP contribution in [0.4, 0.5) is 5.82 Å². The van der Waals surface area contributed by atoms with E-state index in [0.717, 1.165) is 19.6 Å². The molecule has 0 bridgehead atoms. The first kappa shape index (κ1) is 13.3. The van der Waals surface area contributed by atoms with Gasteiger partial charge in [-0.1, -0.05) is 0 Å². The molecule has 18 heavy (non-hydrogen) atoms. The fourth-order valence-corrected chi connectivity index (χ4v) is 2.96. The highest BCUT2D eigenvalue weighted by molar-refractivity contribution is 7.90. The highest BCUT2D eigenvalue weighted by atomic mass is 32.2. The molecule has 0 radical (unpaired) electrons. The fraction of sp³-hybridized carbons (Fsp3) is 0.583. The Bertz CT molecular complexity index is 496. The van der Waals surface area contributed by atoms with Gasteiger partial charge in [-0.15, -0.1) is 0 Å². The highest BCUT2D eigenvalue weighted by Crippen LogP contribution is 2.19. The molecule has 0 saturated carbocycles. The van der Waals surface area contributed by atoms with Gasteiger partial charge in [0.05, 0.1) is 0 Å². The third-order valence-corrected chi connectivity index (χ3v) is 4.26. The van der Waals surface area contributed by atoms with E-state index in [1.165, 1.54) is 19.1 Å². The molecule has 6 heteroatoms. The van der Waals surface area contributed by atoms with Crippen molar-refractivity contribution >= 4 is 15.7 Å². The molecule has 5 nitrogen and oxygen atoms in total. The van der Waals surface area contributed by atoms with Gasteiger partial charge in [0.25, 0.3) is 0 Å². The van der Waals surface area contributed by atoms with E-state index >= 15 is 0 Å². The molecule has 1 aromatic heterocycles. The zero-order valence-corrected chi connectivity index (χ0v) is 11.3. The first-order valence-electron chi connectivity index (χ1n) is 6.17. The van der Waals surface area contributed by atoms with E-state index in [1.807, 2.05) is 0 Å². The predicted octanol–water partition coefficient (Wildman–Crippen LogP) is 0.897. The van der Waals surface area contributed by atoms with Crippen molar-refractivity contribution in [2.75, 3.05) is 31.2 Å². The third-order valence-electron chi connectivity index (χ3n) is 3.13. The summed E-state index contributed by atoms with van der Waals surface area (Å²) >= 11 is 0. The van der Waals surface area contributed by atoms with Gasteiger partial charge in [0, 0.05) is 19.0 Å². The van der Waals surface area contributed by atoms with E-state index in [2.05, 4.69) is 15.6 Å². The molecular weight excluding hydrogens is 250 g/mol. The van der Waals surface area contributed by atoms with Crippen LogP contribution in [-0.2, 0) is 9.84 Å². The maximum Gasteiger partial charge on any atom is 0.179 e. The minimum Gasteiger partial charge on any atom is -0.369 e. The van der Waals surface area contributed by atoms with Crippen molar-refractivity contribution in [2.24, 2.45) is 5.92 Å². The van der Waals surface area contributed by atoms with Gasteiger partial charge in [0.2, 0.25) is 0 Å². The number of aromatic nitrogens is 1. The molecule has 1 aliphatic rings. The Morgan fingerprint density at radius 1 is 1.56 bits per heavy atom. The van der Waals surface area contributed by atoms with Gasteiger partial charge in [-0.3, -0.25) is 0 Å². The average molecular weight is 269 g/mol. The molecular formula is C12H19N3O2S. The zero-order valence-electron chi connectivity index (χ0n) is 10.5. The summed E-state index contributed by atoms with van der Waals surface area (Å²) in [7, 11) is -3.23. The maximum absolute atomic E-state index is 11.6. The second kappa shape index (κ2) is 5.67. The molecule has 2 rings (SSSR count). The van der Waals surface area contributed by atoms with E-state index in [1.54, 1.807) is 18.3 Å². The first-order valence-corrected chi connectivity index (χ1v) is 8.06. The van der Waals surface area contributed by atoms with Crippen LogP contribution in [0.3, 0.4) is 0 Å². The Morgan fingerprint density at radius 3 is 3.06 bits per heavy atom. The van der Waals surface area contributed by atoms with Gasteiger partial charge in [-0.2, -0.15) is 0 Å². The second-order valence-corrected chi connectivity index (χ2v) is 6.70. The zero-order chi connectivity index (χ0) is 13.0. The Balaban J connectivity index is 2.05. The van der Waals surface area contributed by atoms with Crippen LogP contribution in [0, 0.1) is 5.92 Å². The molecule has 1 saturated heterocycles. The molecule has 1 fully saturated rings. The number of rotatable bonds is 4. The standard InChI is InChI=1S/C12H19N3O2S/c1-18(16,17)11-5-3-7-14-12(11)15-9-10-4-2-6-13-8-10/h3,5,7,10,13H,2,4,6,8-9H2,1H3,(H,14,15). The van der Waals surface area contributed by atoms with E-state index in [0.29, 0.717) is 11.7 Å². The SMILES string of the molecule is CS(=O)(=O)c1cccnc1NCC1CCCNC1. The first-order chi connectivity index (χ1) is 8.57. The molecule has 1 aliphatic heterocycles. The van der Waals surface area contributed by atoms with Crippen molar-refractivity contribution in [3.05, 3.63) is 18.3 Å². The summed E-state index contributed by atoms with van der Waals surface area (Å²) in [5, 5.41) is 6.50. The van der Waals surface area contributed by atoms with Crippen LogP contribution in [0.1, 0.15) is 12.8 Å². The van der Waals surface area contributed by atoms with Crippen LogP contribution in [0.2, 0.25) is 0 Å². The van der Waals surface area contributed by atoms with Crippen molar-refractivity contribution in [3.63, 3.8) is 0 Å². The van der Waals surface area contributed by atoms with E-state index in [4.69, 9.17) is 0 Å². The average Bonchev–Trinajstić information content (AvgIpc) is 2.37. The third kappa shape index (κ3) is 3.43. The monoisotopic (exact) mass is 269 g/mol. The number of sulfone groups is 1. The quantitative estimate of drug-likeness (QED) is 0.849. The Labute approximate surface area is 108 Å². The van der Waals surface area contributed by atoms with Crippen LogP contribution in [0.15, 0.2) is 23.2 Å². The number of nitrogens with zero attached hydrogens (tertiary/aromatic N) is 1. The molecule has 100 valence electrons. The summed E-state index contributed by atoms with van der Waals surface area (Å²) < 4.78 is 23.2. The number of nitrogens with one attached hydrogen (secondary N) is 2. The van der Waals surface area contributed by atoms with Crippen molar-refractivity contribution in [1.82, 2.24) is 10.3 Å². The summed E-state index contributed by atoms with van der Waals surface area (Å²) in [6, 6.07) is 3.23. The van der Waals surface area contributed by atoms with Crippen molar-refractivity contribution < 1.29 is 8.42 Å². The Hall–Kier alpha value is -1.14. The van der Waals surface area contributed by atoms with Gasteiger partial charge in [0.1, 0.15) is 10.7 Å². The normalized spacial score (nSPS) is 20.6. The van der Waals surface area contributed by atoms with Crippen LogP contribution < -0.4 is 10.6 Å². The summed E-state index contributed by atoms with van der Waals surface area (Å²) in [4.78, 5) is 4.39. The van der Waals surface area contributed by atoms with Crippen molar-refractivity contribution in [2.45, 2.75) is 17.7 Å². The summed E-state index contributed by atoms with van der Waals surface area (Å²) in [5.74, 6) is 0.999. The minimum atomic E-state index is -3.23. The summed E-state index contributed by atoms with van der Waals surface area (Å²) in [6.07, 6.45) is 5.15. The molecule has 0 aromatic carbocycles.